The van der Waals surface area contributed by atoms with Crippen molar-refractivity contribution in [2.45, 2.75) is 18.4 Å². The maximum absolute atomic E-state index is 12.3. The van der Waals surface area contributed by atoms with E-state index < -0.39 is 10.0 Å². The zero-order valence-corrected chi connectivity index (χ0v) is 11.7. The van der Waals surface area contributed by atoms with E-state index in [9.17, 15) is 13.5 Å². The van der Waals surface area contributed by atoms with Gasteiger partial charge in [0, 0.05) is 13.1 Å². The van der Waals surface area contributed by atoms with E-state index >= 15 is 0 Å². The molecule has 2 N–H and O–H groups in total. The van der Waals surface area contributed by atoms with Gasteiger partial charge in [-0.15, -0.1) is 16.2 Å². The molecule has 0 atom stereocenters. The molecule has 0 bridgehead atoms. The number of hydrazine groups is 1. The Balaban J connectivity index is 2.21. The van der Waals surface area contributed by atoms with E-state index in [1.54, 1.807) is 17.3 Å². The third-order valence-corrected chi connectivity index (χ3v) is 5.48. The van der Waals surface area contributed by atoms with Crippen LogP contribution in [0.5, 0.6) is 0 Å². The summed E-state index contributed by atoms with van der Waals surface area (Å²) in [4.78, 5) is 3.20. The third kappa shape index (κ3) is 2.90. The molecule has 0 spiro atoms. The van der Waals surface area contributed by atoms with Gasteiger partial charge in [0.15, 0.2) is 0 Å². The predicted octanol–water partition coefficient (Wildman–Crippen LogP) is 0.0743. The molecule has 0 radical (unpaired) electrons. The van der Waals surface area contributed by atoms with Gasteiger partial charge in [-0.05, 0) is 17.9 Å². The second-order valence-electron chi connectivity index (χ2n) is 4.02. The van der Waals surface area contributed by atoms with Crippen LogP contribution in [0.2, 0.25) is 0 Å². The molecule has 8 heteroatoms. The fourth-order valence-electron chi connectivity index (χ4n) is 1.83. The van der Waals surface area contributed by atoms with Crippen molar-refractivity contribution in [3.05, 3.63) is 15.8 Å². The largest absolute Gasteiger partial charge is 0.391 e. The van der Waals surface area contributed by atoms with Crippen molar-refractivity contribution in [3.8, 4) is 0 Å². The van der Waals surface area contributed by atoms with Crippen LogP contribution in [0.3, 0.4) is 0 Å². The van der Waals surface area contributed by atoms with Crippen LogP contribution in [-0.4, -0.2) is 44.8 Å². The number of aryl methyl sites for hydroxylation is 1. The number of morpholine rings is 1. The fraction of sp³-hybridized carbons (Fsp3) is 0.600. The number of rotatable bonds is 4. The molecule has 1 saturated heterocycles. The van der Waals surface area contributed by atoms with Crippen LogP contribution in [0, 0.1) is 6.92 Å². The van der Waals surface area contributed by atoms with Gasteiger partial charge in [0.1, 0.15) is 4.90 Å². The molecule has 2 heterocycles. The zero-order chi connectivity index (χ0) is 13.2. The van der Waals surface area contributed by atoms with Crippen molar-refractivity contribution < 1.29 is 18.3 Å². The Morgan fingerprint density at radius 1 is 1.50 bits per heavy atom. The summed E-state index contributed by atoms with van der Waals surface area (Å²) in [6, 6.07) is 0. The van der Waals surface area contributed by atoms with Crippen LogP contribution in [0.1, 0.15) is 10.4 Å². The SMILES string of the molecule is Cc1csc(CO)c1S(=O)(=O)NN1CCOCC1. The van der Waals surface area contributed by atoms with E-state index in [-0.39, 0.29) is 11.5 Å². The Hall–Kier alpha value is -0.510. The maximum atomic E-state index is 12.3. The molecule has 0 aliphatic carbocycles. The van der Waals surface area contributed by atoms with Crippen LogP contribution in [0.15, 0.2) is 10.3 Å². The standard InChI is InChI=1S/C10H16N2O4S2/c1-8-7-17-9(6-13)10(8)18(14,15)11-12-2-4-16-5-3-12/h7,11,13H,2-6H2,1H3. The summed E-state index contributed by atoms with van der Waals surface area (Å²) in [5, 5.41) is 12.5. The van der Waals surface area contributed by atoms with Gasteiger partial charge in [0.25, 0.3) is 10.0 Å². The normalized spacial score (nSPS) is 18.1. The second kappa shape index (κ2) is 5.64. The summed E-state index contributed by atoms with van der Waals surface area (Å²) in [5.74, 6) is 0. The summed E-state index contributed by atoms with van der Waals surface area (Å²) >= 11 is 1.25. The molecule has 1 aromatic heterocycles. The van der Waals surface area contributed by atoms with Crippen LogP contribution in [-0.2, 0) is 21.4 Å². The molecule has 1 fully saturated rings. The molecule has 6 nitrogen and oxygen atoms in total. The van der Waals surface area contributed by atoms with Gasteiger partial charge >= 0.3 is 0 Å². The first-order chi connectivity index (χ1) is 8.54. The van der Waals surface area contributed by atoms with Crippen molar-refractivity contribution >= 4 is 21.4 Å². The van der Waals surface area contributed by atoms with Gasteiger partial charge in [0.05, 0.1) is 24.7 Å². The highest BCUT2D eigenvalue weighted by Crippen LogP contribution is 2.26. The summed E-state index contributed by atoms with van der Waals surface area (Å²) < 4.78 is 29.7. The van der Waals surface area contributed by atoms with Gasteiger partial charge in [-0.25, -0.2) is 13.4 Å². The lowest BCUT2D eigenvalue weighted by Gasteiger charge is -2.26. The Kier molecular flexibility index (Phi) is 4.36. The molecule has 1 aromatic rings. The second-order valence-corrected chi connectivity index (χ2v) is 6.59. The Morgan fingerprint density at radius 2 is 2.17 bits per heavy atom. The lowest BCUT2D eigenvalue weighted by Crippen LogP contribution is -2.48. The highest BCUT2D eigenvalue weighted by Gasteiger charge is 2.25. The first-order valence-electron chi connectivity index (χ1n) is 5.57. The van der Waals surface area contributed by atoms with E-state index in [4.69, 9.17) is 4.74 Å². The summed E-state index contributed by atoms with van der Waals surface area (Å²) in [5.41, 5.74) is 0.657. The number of nitrogens with one attached hydrogen (secondary N) is 1. The first-order valence-corrected chi connectivity index (χ1v) is 7.94. The molecule has 0 unspecified atom stereocenters. The van der Waals surface area contributed by atoms with Gasteiger partial charge < -0.3 is 9.84 Å². The highest BCUT2D eigenvalue weighted by atomic mass is 32.2. The van der Waals surface area contributed by atoms with Gasteiger partial charge in [-0.2, -0.15) is 0 Å². The summed E-state index contributed by atoms with van der Waals surface area (Å²) in [6.07, 6.45) is 0. The molecule has 0 aromatic carbocycles. The molecular formula is C10H16N2O4S2. The molecule has 0 amide bonds. The number of sulfonamides is 1. The minimum absolute atomic E-state index is 0.196. The highest BCUT2D eigenvalue weighted by molar-refractivity contribution is 7.89. The van der Waals surface area contributed by atoms with Crippen molar-refractivity contribution in [2.75, 3.05) is 26.3 Å². The average Bonchev–Trinajstić information content (AvgIpc) is 2.72. The third-order valence-electron chi connectivity index (χ3n) is 2.66. The zero-order valence-electron chi connectivity index (χ0n) is 10.0. The monoisotopic (exact) mass is 292 g/mol. The fourth-order valence-corrected chi connectivity index (χ4v) is 4.62. The molecule has 1 aliphatic heterocycles. The Bertz CT molecular complexity index is 506. The molecule has 0 saturated carbocycles. The topological polar surface area (TPSA) is 78.9 Å². The smallest absolute Gasteiger partial charge is 0.254 e. The number of hydrogen-bond acceptors (Lipinski definition) is 6. The van der Waals surface area contributed by atoms with Gasteiger partial charge in [-0.3, -0.25) is 0 Å². The van der Waals surface area contributed by atoms with Crippen molar-refractivity contribution in [1.82, 2.24) is 9.84 Å². The molecule has 2 rings (SSSR count). The van der Waals surface area contributed by atoms with Crippen LogP contribution in [0.25, 0.3) is 0 Å². The molecule has 1 aliphatic rings. The number of nitrogens with zero attached hydrogens (tertiary/aromatic N) is 1. The predicted molar refractivity (Wildman–Crippen MR) is 67.7 cm³/mol. The molecule has 18 heavy (non-hydrogen) atoms. The van der Waals surface area contributed by atoms with E-state index in [2.05, 4.69) is 4.83 Å². The first kappa shape index (κ1) is 13.9. The maximum Gasteiger partial charge on any atom is 0.254 e. The minimum Gasteiger partial charge on any atom is -0.391 e. The van der Waals surface area contributed by atoms with Crippen LogP contribution < -0.4 is 4.83 Å². The number of hydrogen-bond donors (Lipinski definition) is 2. The summed E-state index contributed by atoms with van der Waals surface area (Å²) in [6.45, 7) is 3.53. The number of ether oxygens (including phenoxy) is 1. The Labute approximate surface area is 110 Å². The quantitative estimate of drug-likeness (QED) is 0.821. The van der Waals surface area contributed by atoms with E-state index in [1.807, 2.05) is 0 Å². The van der Waals surface area contributed by atoms with Crippen molar-refractivity contribution in [2.24, 2.45) is 0 Å². The van der Waals surface area contributed by atoms with E-state index in [0.29, 0.717) is 36.7 Å². The van der Waals surface area contributed by atoms with Crippen molar-refractivity contribution in [1.29, 1.82) is 0 Å². The summed E-state index contributed by atoms with van der Waals surface area (Å²) in [7, 11) is -3.62. The average molecular weight is 292 g/mol. The van der Waals surface area contributed by atoms with E-state index in [0.717, 1.165) is 0 Å². The van der Waals surface area contributed by atoms with Crippen LogP contribution in [0.4, 0.5) is 0 Å². The number of aliphatic hydroxyl groups is 1. The minimum atomic E-state index is -3.62. The van der Waals surface area contributed by atoms with Gasteiger partial charge in [-0.1, -0.05) is 0 Å². The van der Waals surface area contributed by atoms with Gasteiger partial charge in [0.2, 0.25) is 0 Å². The lowest BCUT2D eigenvalue weighted by atomic mass is 10.3. The molecule has 102 valence electrons. The molecular weight excluding hydrogens is 276 g/mol. The van der Waals surface area contributed by atoms with E-state index in [1.165, 1.54) is 11.3 Å². The number of thiophene rings is 1. The van der Waals surface area contributed by atoms with Crippen molar-refractivity contribution in [3.63, 3.8) is 0 Å². The Morgan fingerprint density at radius 3 is 2.78 bits per heavy atom. The lowest BCUT2D eigenvalue weighted by molar-refractivity contribution is 0.0272. The number of aliphatic hydroxyl groups excluding tert-OH is 1. The van der Waals surface area contributed by atoms with Crippen LogP contribution >= 0.6 is 11.3 Å².